The average Bonchev–Trinajstić information content (AvgIpc) is 3.13. The highest BCUT2D eigenvalue weighted by Crippen LogP contribution is 2.18. The maximum atomic E-state index is 12.3. The Hall–Kier alpha value is -2.10. The van der Waals surface area contributed by atoms with Gasteiger partial charge in [0.05, 0.1) is 24.3 Å². The van der Waals surface area contributed by atoms with Crippen molar-refractivity contribution in [3.05, 3.63) is 12.0 Å². The lowest BCUT2D eigenvalue weighted by atomic mass is 10.2. The van der Waals surface area contributed by atoms with Crippen molar-refractivity contribution in [1.29, 1.82) is 0 Å². The first kappa shape index (κ1) is 20.2. The summed E-state index contributed by atoms with van der Waals surface area (Å²) in [6.45, 7) is 4.74. The predicted octanol–water partition coefficient (Wildman–Crippen LogP) is 1.05. The first-order valence-corrected chi connectivity index (χ1v) is 10.6. The fraction of sp³-hybridized carbons (Fsp3) is 0.688. The Balaban J connectivity index is 1.69. The van der Waals surface area contributed by atoms with E-state index in [2.05, 4.69) is 15.3 Å². The Morgan fingerprint density at radius 3 is 2.73 bits per heavy atom. The molecule has 1 saturated heterocycles. The van der Waals surface area contributed by atoms with Crippen LogP contribution in [0.15, 0.2) is 6.20 Å². The number of H-pyrrole nitrogens is 1. The molecule has 0 radical (unpaired) electrons. The van der Waals surface area contributed by atoms with Crippen molar-refractivity contribution >= 4 is 21.8 Å². The van der Waals surface area contributed by atoms with Crippen molar-refractivity contribution in [3.63, 3.8) is 0 Å². The number of hydrogen-bond acceptors (Lipinski definition) is 6. The second kappa shape index (κ2) is 9.02. The normalized spacial score (nSPS) is 16.0. The number of ether oxygens (including phenoxy) is 1. The van der Waals surface area contributed by atoms with E-state index >= 15 is 0 Å². The third-order valence-electron chi connectivity index (χ3n) is 4.09. The van der Waals surface area contributed by atoms with Crippen molar-refractivity contribution in [3.8, 4) is 5.88 Å². The highest BCUT2D eigenvalue weighted by molar-refractivity contribution is 7.91. The third kappa shape index (κ3) is 6.01. The van der Waals surface area contributed by atoms with Crippen molar-refractivity contribution in [1.82, 2.24) is 20.2 Å². The van der Waals surface area contributed by atoms with E-state index in [9.17, 15) is 18.0 Å². The van der Waals surface area contributed by atoms with Crippen molar-refractivity contribution in [2.75, 3.05) is 31.2 Å². The molecule has 1 aliphatic heterocycles. The Morgan fingerprint density at radius 2 is 2.08 bits per heavy atom. The van der Waals surface area contributed by atoms with Gasteiger partial charge in [-0.15, -0.1) is 0 Å². The number of carbonyl (C=O) groups excluding carboxylic acids is 2. The number of sulfone groups is 1. The van der Waals surface area contributed by atoms with Crippen molar-refractivity contribution < 1.29 is 22.7 Å². The molecule has 3 amide bonds. The van der Waals surface area contributed by atoms with Crippen LogP contribution in [0.25, 0.3) is 0 Å². The van der Waals surface area contributed by atoms with Crippen molar-refractivity contribution in [2.45, 2.75) is 39.0 Å². The van der Waals surface area contributed by atoms with Crippen LogP contribution in [-0.2, 0) is 14.6 Å². The summed E-state index contributed by atoms with van der Waals surface area (Å²) >= 11 is 0. The number of aromatic amines is 1. The van der Waals surface area contributed by atoms with Crippen LogP contribution in [0, 0.1) is 0 Å². The number of unbranched alkanes of at least 4 members (excludes halogenated alkanes) is 2. The lowest BCUT2D eigenvalue weighted by Crippen LogP contribution is -2.29. The van der Waals surface area contributed by atoms with E-state index < -0.39 is 9.84 Å². The van der Waals surface area contributed by atoms with E-state index in [4.69, 9.17) is 4.74 Å². The van der Waals surface area contributed by atoms with Gasteiger partial charge in [0, 0.05) is 12.5 Å². The zero-order valence-corrected chi connectivity index (χ0v) is 16.0. The fourth-order valence-electron chi connectivity index (χ4n) is 2.81. The molecule has 0 aromatic carbocycles. The van der Waals surface area contributed by atoms with Crippen LogP contribution in [0.4, 0.5) is 4.79 Å². The Bertz CT molecular complexity index is 731. The number of rotatable bonds is 11. The smallest absolute Gasteiger partial charge is 0.324 e. The average molecular weight is 386 g/mol. The highest BCUT2D eigenvalue weighted by Gasteiger charge is 2.25. The molecule has 2 heterocycles. The molecule has 0 bridgehead atoms. The summed E-state index contributed by atoms with van der Waals surface area (Å²) in [6, 6.07) is -0.374. The van der Waals surface area contributed by atoms with E-state index in [-0.39, 0.29) is 35.9 Å². The second-order valence-corrected chi connectivity index (χ2v) is 8.65. The minimum atomic E-state index is -3.20. The summed E-state index contributed by atoms with van der Waals surface area (Å²) in [5.41, 5.74) is 0. The molecule has 0 spiro atoms. The Morgan fingerprint density at radius 1 is 1.31 bits per heavy atom. The van der Waals surface area contributed by atoms with Gasteiger partial charge in [-0.1, -0.05) is 13.3 Å². The van der Waals surface area contributed by atoms with E-state index in [0.717, 1.165) is 0 Å². The number of carbonyl (C=O) groups is 2. The molecule has 1 aromatic rings. The molecule has 1 aromatic heterocycles. The van der Waals surface area contributed by atoms with Gasteiger partial charge in [0.1, 0.15) is 12.4 Å². The van der Waals surface area contributed by atoms with Gasteiger partial charge in [0.2, 0.25) is 11.8 Å². The molecule has 9 nitrogen and oxygen atoms in total. The lowest BCUT2D eigenvalue weighted by molar-refractivity contribution is -0.118. The summed E-state index contributed by atoms with van der Waals surface area (Å²) < 4.78 is 29.8. The third-order valence-corrected chi connectivity index (χ3v) is 6.01. The van der Waals surface area contributed by atoms with Gasteiger partial charge in [-0.3, -0.25) is 10.1 Å². The predicted molar refractivity (Wildman–Crippen MR) is 95.8 cm³/mol. The molecule has 26 heavy (non-hydrogen) atoms. The number of urea groups is 1. The second-order valence-electron chi connectivity index (χ2n) is 6.42. The number of nitrogens with zero attached hydrogens (tertiary/aromatic N) is 2. The summed E-state index contributed by atoms with van der Waals surface area (Å²) in [5.74, 6) is 0.722. The first-order chi connectivity index (χ1) is 12.3. The SMILES string of the molecule is CCOc1cnc(C(C)CS(=O)(=O)CCCCCN2CC(=O)NC2=O)[nH]1. The Labute approximate surface area is 153 Å². The molecule has 0 saturated carbocycles. The molecule has 0 aliphatic carbocycles. The van der Waals surface area contributed by atoms with Crippen molar-refractivity contribution in [2.24, 2.45) is 0 Å². The quantitative estimate of drug-likeness (QED) is 0.433. The number of aromatic nitrogens is 2. The molecule has 1 fully saturated rings. The molecule has 1 aliphatic rings. The first-order valence-electron chi connectivity index (χ1n) is 8.77. The van der Waals surface area contributed by atoms with Crippen LogP contribution in [0.5, 0.6) is 5.88 Å². The van der Waals surface area contributed by atoms with E-state index in [1.165, 1.54) is 4.90 Å². The molecule has 1 unspecified atom stereocenters. The Kier molecular flexibility index (Phi) is 7.01. The highest BCUT2D eigenvalue weighted by atomic mass is 32.2. The maximum Gasteiger partial charge on any atom is 0.324 e. The molecular formula is C16H26N4O5S. The lowest BCUT2D eigenvalue weighted by Gasteiger charge is -2.13. The van der Waals surface area contributed by atoms with Gasteiger partial charge in [-0.25, -0.2) is 18.2 Å². The van der Waals surface area contributed by atoms with Gasteiger partial charge in [0.15, 0.2) is 9.84 Å². The molecule has 2 rings (SSSR count). The minimum absolute atomic E-state index is 0.0229. The maximum absolute atomic E-state index is 12.3. The molecule has 1 atom stereocenters. The van der Waals surface area contributed by atoms with E-state index in [1.807, 2.05) is 13.8 Å². The zero-order valence-electron chi connectivity index (χ0n) is 15.2. The molecule has 146 valence electrons. The number of imide groups is 1. The van der Waals surface area contributed by atoms with Crippen LogP contribution >= 0.6 is 0 Å². The zero-order chi connectivity index (χ0) is 19.2. The van der Waals surface area contributed by atoms with Crippen LogP contribution in [0.2, 0.25) is 0 Å². The van der Waals surface area contributed by atoms with E-state index in [0.29, 0.717) is 44.1 Å². The van der Waals surface area contributed by atoms with Crippen LogP contribution in [0.1, 0.15) is 44.9 Å². The fourth-order valence-corrected chi connectivity index (χ4v) is 4.54. The van der Waals surface area contributed by atoms with Crippen LogP contribution in [0.3, 0.4) is 0 Å². The summed E-state index contributed by atoms with van der Waals surface area (Å²) in [7, 11) is -3.20. The number of nitrogens with one attached hydrogen (secondary N) is 2. The number of amides is 3. The van der Waals surface area contributed by atoms with E-state index in [1.54, 1.807) is 6.20 Å². The summed E-state index contributed by atoms with van der Waals surface area (Å²) in [6.07, 6.45) is 3.44. The van der Waals surface area contributed by atoms with Gasteiger partial charge in [-0.05, 0) is 19.8 Å². The summed E-state index contributed by atoms with van der Waals surface area (Å²) in [4.78, 5) is 31.0. The molecule has 10 heteroatoms. The molecule has 2 N–H and O–H groups in total. The monoisotopic (exact) mass is 386 g/mol. The molecular weight excluding hydrogens is 360 g/mol. The van der Waals surface area contributed by atoms with Gasteiger partial charge >= 0.3 is 6.03 Å². The topological polar surface area (TPSA) is 121 Å². The van der Waals surface area contributed by atoms with Gasteiger partial charge in [0.25, 0.3) is 0 Å². The number of imidazole rings is 1. The summed E-state index contributed by atoms with van der Waals surface area (Å²) in [5, 5.41) is 2.21. The van der Waals surface area contributed by atoms with Crippen LogP contribution in [-0.4, -0.2) is 66.4 Å². The van der Waals surface area contributed by atoms with Crippen LogP contribution < -0.4 is 10.1 Å². The largest absolute Gasteiger partial charge is 0.478 e. The minimum Gasteiger partial charge on any atom is -0.478 e. The number of hydrogen-bond donors (Lipinski definition) is 2. The van der Waals surface area contributed by atoms with Gasteiger partial charge < -0.3 is 14.6 Å². The standard InChI is InChI=1S/C16H26N4O5S/c1-3-25-14-9-17-15(19-14)12(2)11-26(23,24)8-6-4-5-7-20-10-13(21)18-16(20)22/h9,12H,3-8,10-11H2,1-2H3,(H,17,19)(H,18,21,22). The van der Waals surface area contributed by atoms with Gasteiger partial charge in [-0.2, -0.15) is 0 Å².